The minimum atomic E-state index is 0.634. The second kappa shape index (κ2) is 11.7. The predicted molar refractivity (Wildman–Crippen MR) is 119 cm³/mol. The number of nitrogens with zero attached hydrogens (tertiary/aromatic N) is 3. The van der Waals surface area contributed by atoms with Crippen LogP contribution in [0.4, 0.5) is 5.88 Å². The highest BCUT2D eigenvalue weighted by atomic mass is 32.1. The number of aromatic nitrogens is 1. The second-order valence-corrected chi connectivity index (χ2v) is 6.84. The molecular weight excluding hydrogens is 372 g/mol. The maximum absolute atomic E-state index is 5.82. The topological polar surface area (TPSA) is 53.8 Å². The fraction of sp³-hybridized carbons (Fsp3) is 0.524. The Morgan fingerprint density at radius 2 is 1.89 bits per heavy atom. The van der Waals surface area contributed by atoms with Gasteiger partial charge in [-0.1, -0.05) is 35.5 Å². The highest BCUT2D eigenvalue weighted by Crippen LogP contribution is 2.32. The zero-order valence-corrected chi connectivity index (χ0v) is 18.2. The first kappa shape index (κ1) is 22.2. The summed E-state index contributed by atoms with van der Waals surface area (Å²) in [7, 11) is 1.72. The summed E-state index contributed by atoms with van der Waals surface area (Å²) in [6.07, 6.45) is 0.897. The molecule has 1 N–H and O–H groups in total. The summed E-state index contributed by atoms with van der Waals surface area (Å²) in [5.74, 6) is 0.819. The first-order valence-electron chi connectivity index (χ1n) is 9.96. The molecule has 0 radical (unpaired) electrons. The van der Waals surface area contributed by atoms with E-state index in [0.29, 0.717) is 13.2 Å². The van der Waals surface area contributed by atoms with Gasteiger partial charge in [-0.25, -0.2) is 0 Å². The molecular formula is C21H32N4O2S. The lowest BCUT2D eigenvalue weighted by Crippen LogP contribution is -2.40. The van der Waals surface area contributed by atoms with Gasteiger partial charge in [-0.15, -0.1) is 0 Å². The smallest absolute Gasteiger partial charge is 0.232 e. The van der Waals surface area contributed by atoms with Crippen LogP contribution in [0.5, 0.6) is 0 Å². The molecule has 1 heterocycles. The van der Waals surface area contributed by atoms with Gasteiger partial charge in [0.25, 0.3) is 0 Å². The van der Waals surface area contributed by atoms with Gasteiger partial charge in [0, 0.05) is 45.5 Å². The fourth-order valence-corrected chi connectivity index (χ4v) is 3.43. The van der Waals surface area contributed by atoms with Crippen molar-refractivity contribution in [1.29, 1.82) is 0 Å². The van der Waals surface area contributed by atoms with Crippen molar-refractivity contribution < 1.29 is 9.26 Å². The van der Waals surface area contributed by atoms with Crippen LogP contribution < -0.4 is 10.2 Å². The summed E-state index contributed by atoms with van der Waals surface area (Å²) in [5.41, 5.74) is 2.98. The normalized spacial score (nSPS) is 10.7. The van der Waals surface area contributed by atoms with Crippen LogP contribution in [0.2, 0.25) is 0 Å². The van der Waals surface area contributed by atoms with Crippen molar-refractivity contribution in [2.45, 2.75) is 33.7 Å². The molecule has 2 rings (SSSR count). The van der Waals surface area contributed by atoms with E-state index in [9.17, 15) is 0 Å². The van der Waals surface area contributed by atoms with Gasteiger partial charge in [0.15, 0.2) is 5.11 Å². The molecule has 0 bridgehead atoms. The summed E-state index contributed by atoms with van der Waals surface area (Å²) in [4.78, 5) is 4.36. The average molecular weight is 405 g/mol. The monoisotopic (exact) mass is 404 g/mol. The molecule has 1 aromatic heterocycles. The number of hydrogen-bond donors (Lipinski definition) is 1. The minimum absolute atomic E-state index is 0.634. The van der Waals surface area contributed by atoms with Crippen LogP contribution in [0.3, 0.4) is 0 Å². The summed E-state index contributed by atoms with van der Waals surface area (Å²) in [5, 5.41) is 8.44. The first-order valence-corrected chi connectivity index (χ1v) is 10.4. The Morgan fingerprint density at radius 3 is 2.50 bits per heavy atom. The van der Waals surface area contributed by atoms with Crippen molar-refractivity contribution in [3.63, 3.8) is 0 Å². The van der Waals surface area contributed by atoms with Crippen LogP contribution in [0.25, 0.3) is 11.3 Å². The maximum Gasteiger partial charge on any atom is 0.232 e. The van der Waals surface area contributed by atoms with E-state index in [0.717, 1.165) is 60.4 Å². The third-order valence-corrected chi connectivity index (χ3v) is 5.01. The minimum Gasteiger partial charge on any atom is -0.385 e. The van der Waals surface area contributed by atoms with Gasteiger partial charge >= 0.3 is 0 Å². The SMILES string of the molecule is CCNC(=S)N(CCCOC)Cc1c(-c2ccccc2)noc1N(CC)CC. The predicted octanol–water partition coefficient (Wildman–Crippen LogP) is 3.92. The molecule has 6 nitrogen and oxygen atoms in total. The van der Waals surface area contributed by atoms with Gasteiger partial charge in [-0.05, 0) is 39.4 Å². The molecule has 1 aromatic carbocycles. The Morgan fingerprint density at radius 1 is 1.18 bits per heavy atom. The lowest BCUT2D eigenvalue weighted by atomic mass is 10.1. The highest BCUT2D eigenvalue weighted by Gasteiger charge is 2.24. The van der Waals surface area contributed by atoms with Crippen molar-refractivity contribution in [2.75, 3.05) is 44.8 Å². The van der Waals surface area contributed by atoms with Crippen molar-refractivity contribution >= 4 is 23.2 Å². The van der Waals surface area contributed by atoms with E-state index in [-0.39, 0.29) is 0 Å². The van der Waals surface area contributed by atoms with Crippen LogP contribution in [-0.2, 0) is 11.3 Å². The van der Waals surface area contributed by atoms with Crippen molar-refractivity contribution in [1.82, 2.24) is 15.4 Å². The first-order chi connectivity index (χ1) is 13.7. The van der Waals surface area contributed by atoms with Crippen LogP contribution in [-0.4, -0.2) is 55.1 Å². The number of hydrogen-bond acceptors (Lipinski definition) is 5. The number of ether oxygens (including phenoxy) is 1. The van der Waals surface area contributed by atoms with Crippen LogP contribution in [0, 0.1) is 0 Å². The van der Waals surface area contributed by atoms with E-state index >= 15 is 0 Å². The van der Waals surface area contributed by atoms with Crippen molar-refractivity contribution in [3.8, 4) is 11.3 Å². The zero-order valence-electron chi connectivity index (χ0n) is 17.4. The highest BCUT2D eigenvalue weighted by molar-refractivity contribution is 7.80. The molecule has 0 aliphatic heterocycles. The van der Waals surface area contributed by atoms with Gasteiger partial charge in [0.05, 0.1) is 12.1 Å². The summed E-state index contributed by atoms with van der Waals surface area (Å²) in [6, 6.07) is 10.2. The lowest BCUT2D eigenvalue weighted by molar-refractivity contribution is 0.185. The Hall–Kier alpha value is -2.12. The molecule has 0 aliphatic rings. The fourth-order valence-electron chi connectivity index (χ4n) is 3.13. The quantitative estimate of drug-likeness (QED) is 0.450. The largest absolute Gasteiger partial charge is 0.385 e. The second-order valence-electron chi connectivity index (χ2n) is 6.46. The third kappa shape index (κ3) is 5.69. The van der Waals surface area contributed by atoms with E-state index in [1.807, 2.05) is 18.2 Å². The maximum atomic E-state index is 5.82. The number of benzene rings is 1. The molecule has 154 valence electrons. The Balaban J connectivity index is 2.40. The summed E-state index contributed by atoms with van der Waals surface area (Å²) < 4.78 is 11.0. The molecule has 0 aliphatic carbocycles. The van der Waals surface area contributed by atoms with E-state index < -0.39 is 0 Å². The molecule has 0 saturated heterocycles. The van der Waals surface area contributed by atoms with Gasteiger partial charge in [-0.3, -0.25) is 0 Å². The zero-order chi connectivity index (χ0) is 20.4. The number of methoxy groups -OCH3 is 1. The molecule has 28 heavy (non-hydrogen) atoms. The van der Waals surface area contributed by atoms with Crippen LogP contribution in [0.15, 0.2) is 34.9 Å². The van der Waals surface area contributed by atoms with E-state index in [4.69, 9.17) is 21.5 Å². The number of anilines is 1. The summed E-state index contributed by atoms with van der Waals surface area (Å²) >= 11 is 5.63. The van der Waals surface area contributed by atoms with Crippen LogP contribution >= 0.6 is 12.2 Å². The van der Waals surface area contributed by atoms with Gasteiger partial charge < -0.3 is 24.4 Å². The van der Waals surface area contributed by atoms with E-state index in [2.05, 4.69) is 53.2 Å². The lowest BCUT2D eigenvalue weighted by Gasteiger charge is -2.27. The standard InChI is InChI=1S/C21H32N4O2S/c1-5-22-21(28)25(14-11-15-26-4)16-18-19(17-12-9-8-10-13-17)23-27-20(18)24(6-2)7-3/h8-10,12-13H,5-7,11,14-16H2,1-4H3,(H,22,28). The molecule has 0 saturated carbocycles. The van der Waals surface area contributed by atoms with E-state index in [1.165, 1.54) is 0 Å². The number of thiocarbonyl (C=S) groups is 1. The summed E-state index contributed by atoms with van der Waals surface area (Å²) in [6.45, 7) is 10.9. The third-order valence-electron chi connectivity index (χ3n) is 4.61. The molecule has 0 amide bonds. The van der Waals surface area contributed by atoms with Gasteiger partial charge in [-0.2, -0.15) is 0 Å². The molecule has 0 unspecified atom stereocenters. The Kier molecular flexibility index (Phi) is 9.23. The molecule has 7 heteroatoms. The Labute approximate surface area is 173 Å². The van der Waals surface area contributed by atoms with Crippen molar-refractivity contribution in [3.05, 3.63) is 35.9 Å². The van der Waals surface area contributed by atoms with E-state index in [1.54, 1.807) is 7.11 Å². The van der Waals surface area contributed by atoms with Crippen LogP contribution in [0.1, 0.15) is 32.8 Å². The number of nitrogens with one attached hydrogen (secondary N) is 1. The Bertz CT molecular complexity index is 716. The molecule has 2 aromatic rings. The van der Waals surface area contributed by atoms with Gasteiger partial charge in [0.1, 0.15) is 5.69 Å². The number of rotatable bonds is 11. The molecule has 0 fully saturated rings. The molecule has 0 spiro atoms. The van der Waals surface area contributed by atoms with Crippen molar-refractivity contribution in [2.24, 2.45) is 0 Å². The van der Waals surface area contributed by atoms with Gasteiger partial charge in [0.2, 0.25) is 5.88 Å². The average Bonchev–Trinajstić information content (AvgIpc) is 3.12. The molecule has 0 atom stereocenters.